The van der Waals surface area contributed by atoms with Gasteiger partial charge in [-0.25, -0.2) is 12.8 Å². The first-order valence-corrected chi connectivity index (χ1v) is 9.19. The molecule has 0 bridgehead atoms. The minimum absolute atomic E-state index is 0.0119. The normalized spacial score (nSPS) is 12.8. The van der Waals surface area contributed by atoms with Crippen molar-refractivity contribution in [3.05, 3.63) is 54.3 Å². The van der Waals surface area contributed by atoms with E-state index in [9.17, 15) is 17.6 Å². The second-order valence-corrected chi connectivity index (χ2v) is 7.58. The fraction of sp³-hybridized carbons (Fsp3) is 0.278. The Kier molecular flexibility index (Phi) is 5.92. The third-order valence-corrected chi connectivity index (χ3v) is 5.21. The zero-order valence-corrected chi connectivity index (χ0v) is 15.0. The number of methoxy groups -OCH3 is 1. The van der Waals surface area contributed by atoms with Gasteiger partial charge in [0.15, 0.2) is 0 Å². The zero-order chi connectivity index (χ0) is 18.6. The van der Waals surface area contributed by atoms with Gasteiger partial charge in [-0.3, -0.25) is 4.79 Å². The molecule has 0 aliphatic heterocycles. The predicted molar refractivity (Wildman–Crippen MR) is 92.8 cm³/mol. The largest absolute Gasteiger partial charge is 0.468 e. The van der Waals surface area contributed by atoms with Crippen molar-refractivity contribution in [1.29, 1.82) is 0 Å². The number of esters is 1. The van der Waals surface area contributed by atoms with Gasteiger partial charge in [0.2, 0.25) is 10.0 Å². The SMILES string of the molecule is COC(=O)[C@@H](NS(=O)(=O)c1ccc(-c2ccccc2F)cc1)C(C)C. The molecule has 0 spiro atoms. The fourth-order valence-electron chi connectivity index (χ4n) is 2.33. The molecule has 1 atom stereocenters. The Hall–Kier alpha value is -2.25. The van der Waals surface area contributed by atoms with Crippen LogP contribution in [0.25, 0.3) is 11.1 Å². The molecule has 0 saturated heterocycles. The smallest absolute Gasteiger partial charge is 0.324 e. The first-order valence-electron chi connectivity index (χ1n) is 7.71. The molecule has 0 fully saturated rings. The third-order valence-electron chi connectivity index (χ3n) is 3.75. The molecule has 1 N–H and O–H groups in total. The van der Waals surface area contributed by atoms with E-state index in [2.05, 4.69) is 9.46 Å². The number of sulfonamides is 1. The van der Waals surface area contributed by atoms with Crippen molar-refractivity contribution in [2.75, 3.05) is 7.11 Å². The summed E-state index contributed by atoms with van der Waals surface area (Å²) < 4.78 is 45.8. The van der Waals surface area contributed by atoms with Crippen LogP contribution in [0.4, 0.5) is 4.39 Å². The summed E-state index contributed by atoms with van der Waals surface area (Å²) in [5.41, 5.74) is 0.944. The maximum atomic E-state index is 13.8. The topological polar surface area (TPSA) is 72.5 Å². The molecule has 0 aliphatic carbocycles. The van der Waals surface area contributed by atoms with Gasteiger partial charge in [0.25, 0.3) is 0 Å². The molecule has 0 heterocycles. The molecule has 7 heteroatoms. The molecule has 2 aromatic rings. The zero-order valence-electron chi connectivity index (χ0n) is 14.2. The van der Waals surface area contributed by atoms with Gasteiger partial charge in [0.1, 0.15) is 11.9 Å². The highest BCUT2D eigenvalue weighted by Gasteiger charge is 2.29. The summed E-state index contributed by atoms with van der Waals surface area (Å²) in [5.74, 6) is -1.32. The molecule has 0 amide bonds. The van der Waals surface area contributed by atoms with Crippen molar-refractivity contribution in [3.8, 4) is 11.1 Å². The van der Waals surface area contributed by atoms with Crippen LogP contribution in [0.1, 0.15) is 13.8 Å². The predicted octanol–water partition coefficient (Wildman–Crippen LogP) is 2.97. The number of hydrogen-bond acceptors (Lipinski definition) is 4. The van der Waals surface area contributed by atoms with E-state index in [1.165, 1.54) is 37.4 Å². The van der Waals surface area contributed by atoms with Crippen molar-refractivity contribution >= 4 is 16.0 Å². The number of rotatable bonds is 6. The van der Waals surface area contributed by atoms with Crippen LogP contribution in [-0.4, -0.2) is 27.5 Å². The highest BCUT2D eigenvalue weighted by molar-refractivity contribution is 7.89. The molecule has 134 valence electrons. The van der Waals surface area contributed by atoms with Crippen LogP contribution in [0.2, 0.25) is 0 Å². The maximum Gasteiger partial charge on any atom is 0.324 e. The maximum absolute atomic E-state index is 13.8. The number of benzene rings is 2. The van der Waals surface area contributed by atoms with Gasteiger partial charge in [-0.15, -0.1) is 0 Å². The quantitative estimate of drug-likeness (QED) is 0.799. The molecular formula is C18H20FNO4S. The van der Waals surface area contributed by atoms with Crippen LogP contribution < -0.4 is 4.72 Å². The minimum atomic E-state index is -3.91. The fourth-order valence-corrected chi connectivity index (χ4v) is 3.66. The average Bonchev–Trinajstić information content (AvgIpc) is 2.59. The van der Waals surface area contributed by atoms with Crippen molar-refractivity contribution in [1.82, 2.24) is 4.72 Å². The number of halogens is 1. The Balaban J connectivity index is 2.29. The standard InChI is InChI=1S/C18H20FNO4S/c1-12(2)17(18(21)24-3)20-25(22,23)14-10-8-13(9-11-14)15-6-4-5-7-16(15)19/h4-12,17,20H,1-3H3/t17-/m0/s1. The van der Waals surface area contributed by atoms with Crippen LogP contribution >= 0.6 is 0 Å². The summed E-state index contributed by atoms with van der Waals surface area (Å²) in [5, 5.41) is 0. The Morgan fingerprint density at radius 2 is 1.68 bits per heavy atom. The summed E-state index contributed by atoms with van der Waals surface area (Å²) in [6.07, 6.45) is 0. The van der Waals surface area contributed by atoms with Gasteiger partial charge in [-0.1, -0.05) is 44.2 Å². The average molecular weight is 365 g/mol. The summed E-state index contributed by atoms with van der Waals surface area (Å²) in [7, 11) is -2.71. The number of ether oxygens (including phenoxy) is 1. The lowest BCUT2D eigenvalue weighted by Gasteiger charge is -2.19. The molecule has 5 nitrogen and oxygen atoms in total. The molecule has 0 saturated carbocycles. The van der Waals surface area contributed by atoms with Crippen LogP contribution in [-0.2, 0) is 19.6 Å². The molecule has 0 unspecified atom stereocenters. The minimum Gasteiger partial charge on any atom is -0.468 e. The monoisotopic (exact) mass is 365 g/mol. The molecule has 0 aromatic heterocycles. The number of nitrogens with one attached hydrogen (secondary N) is 1. The first-order chi connectivity index (χ1) is 11.8. The Morgan fingerprint density at radius 1 is 1.08 bits per heavy atom. The van der Waals surface area contributed by atoms with E-state index in [1.807, 2.05) is 0 Å². The Morgan fingerprint density at radius 3 is 2.20 bits per heavy atom. The van der Waals surface area contributed by atoms with Crippen LogP contribution in [0, 0.1) is 11.7 Å². The van der Waals surface area contributed by atoms with E-state index in [0.29, 0.717) is 11.1 Å². The van der Waals surface area contributed by atoms with Gasteiger partial charge in [-0.05, 0) is 29.7 Å². The lowest BCUT2D eigenvalue weighted by atomic mass is 10.1. The van der Waals surface area contributed by atoms with Crippen LogP contribution in [0.15, 0.2) is 53.4 Å². The molecule has 2 aromatic carbocycles. The van der Waals surface area contributed by atoms with Crippen molar-refractivity contribution in [2.45, 2.75) is 24.8 Å². The highest BCUT2D eigenvalue weighted by atomic mass is 32.2. The summed E-state index contributed by atoms with van der Waals surface area (Å²) >= 11 is 0. The number of hydrogen-bond donors (Lipinski definition) is 1. The van der Waals surface area contributed by atoms with Crippen molar-refractivity contribution < 1.29 is 22.3 Å². The third kappa shape index (κ3) is 4.43. The van der Waals surface area contributed by atoms with Crippen molar-refractivity contribution in [3.63, 3.8) is 0 Å². The highest BCUT2D eigenvalue weighted by Crippen LogP contribution is 2.24. The lowest BCUT2D eigenvalue weighted by Crippen LogP contribution is -2.44. The van der Waals surface area contributed by atoms with E-state index in [4.69, 9.17) is 0 Å². The number of carbonyl (C=O) groups is 1. The van der Waals surface area contributed by atoms with Gasteiger partial charge >= 0.3 is 5.97 Å². The second kappa shape index (κ2) is 7.76. The Labute approximate surface area is 146 Å². The van der Waals surface area contributed by atoms with Gasteiger partial charge in [0, 0.05) is 5.56 Å². The molecular weight excluding hydrogens is 345 g/mol. The first kappa shape index (κ1) is 19.1. The van der Waals surface area contributed by atoms with E-state index < -0.39 is 22.0 Å². The lowest BCUT2D eigenvalue weighted by molar-refractivity contribution is -0.143. The second-order valence-electron chi connectivity index (χ2n) is 5.87. The van der Waals surface area contributed by atoms with E-state index in [-0.39, 0.29) is 16.6 Å². The van der Waals surface area contributed by atoms with Gasteiger partial charge in [0.05, 0.1) is 12.0 Å². The van der Waals surface area contributed by atoms with E-state index in [0.717, 1.165) is 0 Å². The van der Waals surface area contributed by atoms with Crippen LogP contribution in [0.5, 0.6) is 0 Å². The Bertz CT molecular complexity index is 848. The molecule has 0 aliphatic rings. The number of carbonyl (C=O) groups excluding carboxylic acids is 1. The van der Waals surface area contributed by atoms with Gasteiger partial charge in [-0.2, -0.15) is 4.72 Å². The van der Waals surface area contributed by atoms with E-state index in [1.54, 1.807) is 32.0 Å². The summed E-state index contributed by atoms with van der Waals surface area (Å²) in [6.45, 7) is 3.43. The molecule has 2 rings (SSSR count). The van der Waals surface area contributed by atoms with Crippen molar-refractivity contribution in [2.24, 2.45) is 5.92 Å². The molecule has 0 radical (unpaired) electrons. The molecule has 25 heavy (non-hydrogen) atoms. The summed E-state index contributed by atoms with van der Waals surface area (Å²) in [6, 6.07) is 11.0. The van der Waals surface area contributed by atoms with Crippen LogP contribution in [0.3, 0.4) is 0 Å². The van der Waals surface area contributed by atoms with E-state index >= 15 is 0 Å². The summed E-state index contributed by atoms with van der Waals surface area (Å²) in [4.78, 5) is 11.7. The van der Waals surface area contributed by atoms with Gasteiger partial charge < -0.3 is 4.74 Å².